The van der Waals surface area contributed by atoms with E-state index in [4.69, 9.17) is 0 Å². The van der Waals surface area contributed by atoms with Crippen molar-refractivity contribution in [1.29, 1.82) is 0 Å². The van der Waals surface area contributed by atoms with Gasteiger partial charge in [0, 0.05) is 13.0 Å². The van der Waals surface area contributed by atoms with Crippen molar-refractivity contribution in [2.24, 2.45) is 0 Å². The molecule has 1 fully saturated rings. The van der Waals surface area contributed by atoms with E-state index in [0.29, 0.717) is 6.42 Å². The van der Waals surface area contributed by atoms with E-state index in [2.05, 4.69) is 15.9 Å². The smallest absolute Gasteiger partial charge is 0.222 e. The first kappa shape index (κ1) is 13.6. The number of alkyl halides is 1. The number of nitrogens with zero attached hydrogens (tertiary/aromatic N) is 1. The molecule has 1 aliphatic rings. The van der Waals surface area contributed by atoms with Gasteiger partial charge in [0.05, 0.1) is 6.04 Å². The van der Waals surface area contributed by atoms with Crippen molar-refractivity contribution in [2.45, 2.75) is 39.2 Å². The summed E-state index contributed by atoms with van der Waals surface area (Å²) in [5.74, 6) is 2.04. The summed E-state index contributed by atoms with van der Waals surface area (Å²) in [7, 11) is 0. The lowest BCUT2D eigenvalue weighted by molar-refractivity contribution is -0.136. The second-order valence-corrected chi connectivity index (χ2v) is 3.21. The molecule has 0 radical (unpaired) electrons. The molecule has 82 valence electrons. The minimum Gasteiger partial charge on any atom is -0.333 e. The van der Waals surface area contributed by atoms with Crippen molar-refractivity contribution in [3.63, 3.8) is 0 Å². The standard InChI is InChI=1S/C9H15NO2.CH3Br/c1-3-9(12)10-6-4-5-8(10)7(2)11;1-2/h8H,3-6H2,1-2H3;1H3. The summed E-state index contributed by atoms with van der Waals surface area (Å²) in [4.78, 5) is 24.1. The zero-order valence-corrected chi connectivity index (χ0v) is 10.6. The molecule has 4 heteroatoms. The third-order valence-electron chi connectivity index (χ3n) is 2.34. The van der Waals surface area contributed by atoms with Crippen molar-refractivity contribution >= 4 is 27.6 Å². The molecule has 0 spiro atoms. The molecule has 1 unspecified atom stereocenters. The fraction of sp³-hybridized carbons (Fsp3) is 0.800. The number of hydrogen-bond acceptors (Lipinski definition) is 2. The summed E-state index contributed by atoms with van der Waals surface area (Å²) in [5, 5.41) is 0. The second kappa shape index (κ2) is 6.98. The molecule has 1 heterocycles. The van der Waals surface area contributed by atoms with E-state index in [1.165, 1.54) is 0 Å². The van der Waals surface area contributed by atoms with Gasteiger partial charge in [0.15, 0.2) is 5.78 Å². The SMILES string of the molecule is CBr.CCC(=O)N1CCCC1C(C)=O. The van der Waals surface area contributed by atoms with Gasteiger partial charge in [-0.3, -0.25) is 9.59 Å². The Balaban J connectivity index is 0.000000791. The van der Waals surface area contributed by atoms with Crippen LogP contribution in [0.4, 0.5) is 0 Å². The molecular formula is C10H18BrNO2. The molecular weight excluding hydrogens is 246 g/mol. The van der Waals surface area contributed by atoms with E-state index in [1.807, 2.05) is 12.8 Å². The van der Waals surface area contributed by atoms with E-state index >= 15 is 0 Å². The Hall–Kier alpha value is -0.380. The van der Waals surface area contributed by atoms with Gasteiger partial charge in [0.2, 0.25) is 5.91 Å². The molecule has 1 amide bonds. The number of amides is 1. The summed E-state index contributed by atoms with van der Waals surface area (Å²) in [5.41, 5.74) is 0. The van der Waals surface area contributed by atoms with Crippen LogP contribution >= 0.6 is 15.9 Å². The number of hydrogen-bond donors (Lipinski definition) is 0. The molecule has 0 saturated carbocycles. The molecule has 1 saturated heterocycles. The van der Waals surface area contributed by atoms with Crippen LogP contribution in [0, 0.1) is 0 Å². The van der Waals surface area contributed by atoms with Gasteiger partial charge in [0.1, 0.15) is 0 Å². The van der Waals surface area contributed by atoms with Crippen molar-refractivity contribution < 1.29 is 9.59 Å². The highest BCUT2D eigenvalue weighted by Crippen LogP contribution is 2.18. The highest BCUT2D eigenvalue weighted by molar-refractivity contribution is 9.08. The van der Waals surface area contributed by atoms with Crippen molar-refractivity contribution in [3.8, 4) is 0 Å². The average molecular weight is 264 g/mol. The zero-order valence-electron chi connectivity index (χ0n) is 9.05. The Kier molecular flexibility index (Phi) is 6.79. The van der Waals surface area contributed by atoms with Crippen LogP contribution in [0.25, 0.3) is 0 Å². The number of carbonyl (C=O) groups is 2. The van der Waals surface area contributed by atoms with Crippen LogP contribution < -0.4 is 0 Å². The summed E-state index contributed by atoms with van der Waals surface area (Å²) in [6.45, 7) is 4.15. The average Bonchev–Trinajstić information content (AvgIpc) is 2.68. The largest absolute Gasteiger partial charge is 0.333 e. The van der Waals surface area contributed by atoms with Gasteiger partial charge < -0.3 is 4.90 Å². The summed E-state index contributed by atoms with van der Waals surface area (Å²) < 4.78 is 0. The normalized spacial score (nSPS) is 20.0. The maximum atomic E-state index is 11.3. The first-order valence-corrected chi connectivity index (χ1v) is 6.43. The minimum atomic E-state index is -0.127. The van der Waals surface area contributed by atoms with Crippen LogP contribution in [0.2, 0.25) is 0 Å². The first-order chi connectivity index (χ1) is 6.66. The fourth-order valence-corrected chi connectivity index (χ4v) is 1.69. The van der Waals surface area contributed by atoms with Crippen molar-refractivity contribution in [3.05, 3.63) is 0 Å². The fourth-order valence-electron chi connectivity index (χ4n) is 1.69. The van der Waals surface area contributed by atoms with Gasteiger partial charge >= 0.3 is 0 Å². The lowest BCUT2D eigenvalue weighted by atomic mass is 10.1. The second-order valence-electron chi connectivity index (χ2n) is 3.21. The van der Waals surface area contributed by atoms with Crippen LogP contribution in [0.5, 0.6) is 0 Å². The topological polar surface area (TPSA) is 37.4 Å². The molecule has 0 aromatic heterocycles. The van der Waals surface area contributed by atoms with Crippen LogP contribution in [0.3, 0.4) is 0 Å². The van der Waals surface area contributed by atoms with Gasteiger partial charge in [-0.1, -0.05) is 22.9 Å². The van der Waals surface area contributed by atoms with Crippen molar-refractivity contribution in [1.82, 2.24) is 4.90 Å². The van der Waals surface area contributed by atoms with Gasteiger partial charge in [-0.2, -0.15) is 0 Å². The molecule has 0 aliphatic carbocycles. The van der Waals surface area contributed by atoms with E-state index in [-0.39, 0.29) is 17.7 Å². The highest BCUT2D eigenvalue weighted by atomic mass is 79.9. The van der Waals surface area contributed by atoms with E-state index in [9.17, 15) is 9.59 Å². The third kappa shape index (κ3) is 3.40. The number of Topliss-reactive ketones (excluding diaryl/α,β-unsaturated/α-hetero) is 1. The quantitative estimate of drug-likeness (QED) is 0.715. The Morgan fingerprint density at radius 2 is 2.00 bits per heavy atom. The molecule has 3 nitrogen and oxygen atoms in total. The zero-order chi connectivity index (χ0) is 11.1. The minimum absolute atomic E-state index is 0.104. The number of halogens is 1. The molecule has 0 aromatic rings. The molecule has 1 atom stereocenters. The number of rotatable bonds is 2. The molecule has 0 N–H and O–H groups in total. The van der Waals surface area contributed by atoms with Crippen LogP contribution in [-0.4, -0.2) is 35.0 Å². The predicted octanol–water partition coefficient (Wildman–Crippen LogP) is 1.99. The Labute approximate surface area is 94.0 Å². The number of likely N-dealkylation sites (tertiary alicyclic amines) is 1. The number of ketones is 1. The summed E-state index contributed by atoms with van der Waals surface area (Å²) in [6, 6.07) is -0.127. The molecule has 14 heavy (non-hydrogen) atoms. The van der Waals surface area contributed by atoms with E-state index < -0.39 is 0 Å². The lowest BCUT2D eigenvalue weighted by Gasteiger charge is -2.21. The Morgan fingerprint density at radius 1 is 1.43 bits per heavy atom. The molecule has 1 aliphatic heterocycles. The van der Waals surface area contributed by atoms with Gasteiger partial charge in [-0.15, -0.1) is 0 Å². The first-order valence-electron chi connectivity index (χ1n) is 4.84. The number of carbonyl (C=O) groups excluding carboxylic acids is 2. The molecule has 1 rings (SSSR count). The Bertz CT molecular complexity index is 206. The van der Waals surface area contributed by atoms with E-state index in [1.54, 1.807) is 11.8 Å². The highest BCUT2D eigenvalue weighted by Gasteiger charge is 2.30. The van der Waals surface area contributed by atoms with E-state index in [0.717, 1.165) is 19.4 Å². The van der Waals surface area contributed by atoms with Gasteiger partial charge in [0.25, 0.3) is 0 Å². The summed E-state index contributed by atoms with van der Waals surface area (Å²) >= 11 is 2.94. The van der Waals surface area contributed by atoms with Gasteiger partial charge in [-0.05, 0) is 25.6 Å². The van der Waals surface area contributed by atoms with Crippen molar-refractivity contribution in [2.75, 3.05) is 12.4 Å². The lowest BCUT2D eigenvalue weighted by Crippen LogP contribution is -2.39. The monoisotopic (exact) mass is 263 g/mol. The molecule has 0 bridgehead atoms. The molecule has 0 aromatic carbocycles. The predicted molar refractivity (Wildman–Crippen MR) is 60.6 cm³/mol. The van der Waals surface area contributed by atoms with Gasteiger partial charge in [-0.25, -0.2) is 0 Å². The third-order valence-corrected chi connectivity index (χ3v) is 2.34. The maximum Gasteiger partial charge on any atom is 0.222 e. The summed E-state index contributed by atoms with van der Waals surface area (Å²) in [6.07, 6.45) is 2.32. The maximum absolute atomic E-state index is 11.3. The van der Waals surface area contributed by atoms with Crippen LogP contribution in [-0.2, 0) is 9.59 Å². The van der Waals surface area contributed by atoms with Crippen LogP contribution in [0.1, 0.15) is 33.1 Å². The Morgan fingerprint density at radius 3 is 2.43 bits per heavy atom. The van der Waals surface area contributed by atoms with Crippen LogP contribution in [0.15, 0.2) is 0 Å².